The van der Waals surface area contributed by atoms with Crippen LogP contribution in [-0.2, 0) is 9.47 Å². The van der Waals surface area contributed by atoms with E-state index in [1.165, 1.54) is 0 Å². The van der Waals surface area contributed by atoms with Crippen LogP contribution in [0.3, 0.4) is 0 Å². The maximum Gasteiger partial charge on any atom is 0.274 e. The summed E-state index contributed by atoms with van der Waals surface area (Å²) in [5.74, 6) is 0.632. The van der Waals surface area contributed by atoms with Gasteiger partial charge in [-0.2, -0.15) is 0 Å². The Hall–Kier alpha value is -0.443. The van der Waals surface area contributed by atoms with Crippen LogP contribution in [0, 0.1) is 0 Å². The number of allylic oxidation sites excluding steroid dienone is 1. The molecular formula is C8H18O2Si. The van der Waals surface area contributed by atoms with E-state index in [0.717, 1.165) is 6.04 Å². The molecule has 0 aliphatic heterocycles. The number of ether oxygens (including phenoxy) is 2. The van der Waals surface area contributed by atoms with Crippen molar-refractivity contribution in [3.05, 3.63) is 12.0 Å². The first kappa shape index (κ1) is 10.6. The molecule has 0 fully saturated rings. The molecule has 0 aliphatic carbocycles. The van der Waals surface area contributed by atoms with Crippen molar-refractivity contribution >= 4 is 8.07 Å². The molecule has 3 heteroatoms. The SMILES string of the molecule is COC(=CC[Si](C)(C)C)OC. The molecule has 0 N–H and O–H groups in total. The molecule has 0 radical (unpaired) electrons. The van der Waals surface area contributed by atoms with Gasteiger partial charge in [0.15, 0.2) is 0 Å². The molecule has 11 heavy (non-hydrogen) atoms. The van der Waals surface area contributed by atoms with Gasteiger partial charge in [0.25, 0.3) is 5.95 Å². The van der Waals surface area contributed by atoms with Crippen LogP contribution in [0.15, 0.2) is 12.0 Å². The average Bonchev–Trinajstić information content (AvgIpc) is 1.88. The second kappa shape index (κ2) is 4.44. The van der Waals surface area contributed by atoms with E-state index >= 15 is 0 Å². The van der Waals surface area contributed by atoms with E-state index in [9.17, 15) is 0 Å². The highest BCUT2D eigenvalue weighted by Crippen LogP contribution is 2.11. The van der Waals surface area contributed by atoms with Crippen molar-refractivity contribution in [1.29, 1.82) is 0 Å². The van der Waals surface area contributed by atoms with Crippen molar-refractivity contribution in [2.75, 3.05) is 14.2 Å². The second-order valence-electron chi connectivity index (χ2n) is 3.70. The molecule has 66 valence electrons. The zero-order valence-corrected chi connectivity index (χ0v) is 9.10. The van der Waals surface area contributed by atoms with Crippen molar-refractivity contribution in [3.63, 3.8) is 0 Å². The van der Waals surface area contributed by atoms with Crippen LogP contribution < -0.4 is 0 Å². The lowest BCUT2D eigenvalue weighted by Gasteiger charge is -2.12. The summed E-state index contributed by atoms with van der Waals surface area (Å²) in [6.45, 7) is 6.94. The number of hydrogen-bond acceptors (Lipinski definition) is 2. The Morgan fingerprint density at radius 1 is 1.18 bits per heavy atom. The second-order valence-corrected chi connectivity index (χ2v) is 9.23. The highest BCUT2D eigenvalue weighted by molar-refractivity contribution is 6.76. The third-order valence-corrected chi connectivity index (χ3v) is 2.71. The van der Waals surface area contributed by atoms with Gasteiger partial charge in [0.05, 0.1) is 14.2 Å². The Labute approximate surface area is 70.2 Å². The predicted octanol–water partition coefficient (Wildman–Crippen LogP) is 2.46. The summed E-state index contributed by atoms with van der Waals surface area (Å²) in [6, 6.07) is 1.10. The van der Waals surface area contributed by atoms with Crippen LogP contribution in [0.4, 0.5) is 0 Å². The lowest BCUT2D eigenvalue weighted by molar-refractivity contribution is 0.0947. The fraction of sp³-hybridized carbons (Fsp3) is 0.750. The molecule has 0 aromatic carbocycles. The smallest absolute Gasteiger partial charge is 0.274 e. The molecule has 0 saturated heterocycles. The van der Waals surface area contributed by atoms with Crippen LogP contribution in [0.5, 0.6) is 0 Å². The van der Waals surface area contributed by atoms with Crippen LogP contribution >= 0.6 is 0 Å². The van der Waals surface area contributed by atoms with Crippen molar-refractivity contribution in [2.45, 2.75) is 25.7 Å². The van der Waals surface area contributed by atoms with Crippen molar-refractivity contribution in [2.24, 2.45) is 0 Å². The lowest BCUT2D eigenvalue weighted by Crippen LogP contribution is -2.17. The highest BCUT2D eigenvalue weighted by atomic mass is 28.3. The maximum absolute atomic E-state index is 4.96. The molecule has 0 aliphatic rings. The number of hydrogen-bond donors (Lipinski definition) is 0. The van der Waals surface area contributed by atoms with Gasteiger partial charge in [0, 0.05) is 8.07 Å². The fourth-order valence-electron chi connectivity index (χ4n) is 0.640. The Morgan fingerprint density at radius 3 is 1.91 bits per heavy atom. The Kier molecular flexibility index (Phi) is 4.26. The maximum atomic E-state index is 4.96. The molecule has 0 saturated carbocycles. The van der Waals surface area contributed by atoms with E-state index in [4.69, 9.17) is 9.47 Å². The van der Waals surface area contributed by atoms with E-state index in [0.29, 0.717) is 5.95 Å². The summed E-state index contributed by atoms with van der Waals surface area (Å²) in [6.07, 6.45) is 2.02. The van der Waals surface area contributed by atoms with E-state index in [1.54, 1.807) is 14.2 Å². The first-order valence-electron chi connectivity index (χ1n) is 3.78. The number of rotatable bonds is 4. The Morgan fingerprint density at radius 2 is 1.64 bits per heavy atom. The molecule has 0 aromatic rings. The normalized spacial score (nSPS) is 10.6. The molecule has 0 unspecified atom stereocenters. The van der Waals surface area contributed by atoms with Gasteiger partial charge in [-0.25, -0.2) is 0 Å². The summed E-state index contributed by atoms with van der Waals surface area (Å²) in [4.78, 5) is 0. The van der Waals surface area contributed by atoms with Gasteiger partial charge in [-0.3, -0.25) is 0 Å². The van der Waals surface area contributed by atoms with Crippen molar-refractivity contribution in [3.8, 4) is 0 Å². The summed E-state index contributed by atoms with van der Waals surface area (Å²) in [7, 11) is 2.26. The van der Waals surface area contributed by atoms with Gasteiger partial charge >= 0.3 is 0 Å². The van der Waals surface area contributed by atoms with E-state index in [2.05, 4.69) is 19.6 Å². The average molecular weight is 174 g/mol. The largest absolute Gasteiger partial charge is 0.469 e. The quantitative estimate of drug-likeness (QED) is 0.481. The highest BCUT2D eigenvalue weighted by Gasteiger charge is 2.11. The van der Waals surface area contributed by atoms with Gasteiger partial charge in [-0.15, -0.1) is 0 Å². The minimum Gasteiger partial charge on any atom is -0.469 e. The summed E-state index contributed by atoms with van der Waals surface area (Å²) in [5, 5.41) is 0. The molecule has 2 nitrogen and oxygen atoms in total. The molecule has 0 bridgehead atoms. The van der Waals surface area contributed by atoms with Gasteiger partial charge in [0.2, 0.25) is 0 Å². The minimum absolute atomic E-state index is 0.632. The molecule has 0 heterocycles. The van der Waals surface area contributed by atoms with Gasteiger partial charge < -0.3 is 9.47 Å². The minimum atomic E-state index is -0.989. The Balaban J connectivity index is 3.89. The molecule has 0 aromatic heterocycles. The first-order chi connectivity index (χ1) is 4.99. The van der Waals surface area contributed by atoms with Crippen molar-refractivity contribution < 1.29 is 9.47 Å². The van der Waals surface area contributed by atoms with Gasteiger partial charge in [-0.05, 0) is 12.1 Å². The molecule has 0 amide bonds. The van der Waals surface area contributed by atoms with Crippen LogP contribution in [0.1, 0.15) is 0 Å². The zero-order valence-electron chi connectivity index (χ0n) is 8.10. The number of methoxy groups -OCH3 is 2. The molecule has 0 atom stereocenters. The van der Waals surface area contributed by atoms with Crippen LogP contribution in [-0.4, -0.2) is 22.3 Å². The molecule has 0 spiro atoms. The van der Waals surface area contributed by atoms with Gasteiger partial charge in [-0.1, -0.05) is 19.6 Å². The fourth-order valence-corrected chi connectivity index (χ4v) is 1.42. The van der Waals surface area contributed by atoms with E-state index in [-0.39, 0.29) is 0 Å². The van der Waals surface area contributed by atoms with Gasteiger partial charge in [0.1, 0.15) is 0 Å². The standard InChI is InChI=1S/C8H18O2Si/c1-9-8(10-2)6-7-11(3,4)5/h6H,7H2,1-5H3. The van der Waals surface area contributed by atoms with E-state index in [1.807, 2.05) is 6.08 Å². The van der Waals surface area contributed by atoms with E-state index < -0.39 is 8.07 Å². The Bertz CT molecular complexity index is 130. The summed E-state index contributed by atoms with van der Waals surface area (Å²) >= 11 is 0. The third-order valence-electron chi connectivity index (χ3n) is 1.28. The predicted molar refractivity (Wildman–Crippen MR) is 50.3 cm³/mol. The third kappa shape index (κ3) is 5.98. The van der Waals surface area contributed by atoms with Crippen molar-refractivity contribution in [1.82, 2.24) is 0 Å². The monoisotopic (exact) mass is 174 g/mol. The first-order valence-corrected chi connectivity index (χ1v) is 7.48. The molecule has 0 rings (SSSR count). The molecular weight excluding hydrogens is 156 g/mol. The van der Waals surface area contributed by atoms with Crippen LogP contribution in [0.2, 0.25) is 25.7 Å². The summed E-state index contributed by atoms with van der Waals surface area (Å²) in [5.41, 5.74) is 0. The van der Waals surface area contributed by atoms with Crippen LogP contribution in [0.25, 0.3) is 0 Å². The topological polar surface area (TPSA) is 18.5 Å². The summed E-state index contributed by atoms with van der Waals surface area (Å²) < 4.78 is 9.91. The zero-order chi connectivity index (χ0) is 8.91. The lowest BCUT2D eigenvalue weighted by atomic mass is 10.7.